The van der Waals surface area contributed by atoms with Crippen LogP contribution in [-0.2, 0) is 17.6 Å². The topological polar surface area (TPSA) is 59.0 Å². The zero-order chi connectivity index (χ0) is 13.8. The monoisotopic (exact) mass is 262 g/mol. The molecule has 1 atom stereocenters. The van der Waals surface area contributed by atoms with Gasteiger partial charge < -0.3 is 4.90 Å². The van der Waals surface area contributed by atoms with Gasteiger partial charge in [-0.05, 0) is 32.6 Å². The van der Waals surface area contributed by atoms with Gasteiger partial charge in [0.25, 0.3) is 0 Å². The van der Waals surface area contributed by atoms with Crippen LogP contribution in [0.2, 0.25) is 0 Å². The number of Topliss-reactive ketones (excluding diaryl/α,β-unsaturated/α-hetero) is 1. The Bertz CT molecular complexity index is 461. The van der Waals surface area contributed by atoms with E-state index in [2.05, 4.69) is 33.9 Å². The summed E-state index contributed by atoms with van der Waals surface area (Å²) in [5.41, 5.74) is 2.00. The van der Waals surface area contributed by atoms with E-state index >= 15 is 0 Å². The van der Waals surface area contributed by atoms with E-state index in [9.17, 15) is 4.79 Å². The fraction of sp³-hybridized carbons (Fsp3) is 0.714. The van der Waals surface area contributed by atoms with Crippen LogP contribution in [0, 0.1) is 5.92 Å². The number of ketones is 1. The van der Waals surface area contributed by atoms with Crippen LogP contribution in [-0.4, -0.2) is 34.1 Å². The molecule has 1 aromatic heterocycles. The number of carbonyl (C=O) groups excluding carboxylic acids is 1. The maximum Gasteiger partial charge on any atom is 0.245 e. The Labute approximate surface area is 114 Å². The molecule has 0 amide bonds. The SMILES string of the molecule is CCc1nnc(N2CCCC(C(C)=O)C2)nc1CC. The predicted molar refractivity (Wildman–Crippen MR) is 74.2 cm³/mol. The van der Waals surface area contributed by atoms with Crippen molar-refractivity contribution in [1.29, 1.82) is 0 Å². The number of piperidine rings is 1. The third-order valence-electron chi connectivity index (χ3n) is 3.78. The van der Waals surface area contributed by atoms with Crippen molar-refractivity contribution >= 4 is 11.7 Å². The highest BCUT2D eigenvalue weighted by molar-refractivity contribution is 5.79. The van der Waals surface area contributed by atoms with Crippen molar-refractivity contribution in [1.82, 2.24) is 15.2 Å². The van der Waals surface area contributed by atoms with Crippen molar-refractivity contribution in [2.45, 2.75) is 46.5 Å². The molecule has 5 heteroatoms. The first-order valence-corrected chi connectivity index (χ1v) is 7.13. The highest BCUT2D eigenvalue weighted by atomic mass is 16.1. The number of aryl methyl sites for hydroxylation is 2. The first-order chi connectivity index (χ1) is 9.15. The molecule has 0 aromatic carbocycles. The van der Waals surface area contributed by atoms with Crippen molar-refractivity contribution in [3.05, 3.63) is 11.4 Å². The smallest absolute Gasteiger partial charge is 0.245 e. The van der Waals surface area contributed by atoms with Gasteiger partial charge in [0, 0.05) is 19.0 Å². The summed E-state index contributed by atoms with van der Waals surface area (Å²) < 4.78 is 0. The van der Waals surface area contributed by atoms with Crippen LogP contribution in [0.25, 0.3) is 0 Å². The number of hydrogen-bond acceptors (Lipinski definition) is 5. The van der Waals surface area contributed by atoms with E-state index < -0.39 is 0 Å². The summed E-state index contributed by atoms with van der Waals surface area (Å²) in [6, 6.07) is 0. The Kier molecular flexibility index (Phi) is 4.45. The Morgan fingerprint density at radius 1 is 1.26 bits per heavy atom. The standard InChI is InChI=1S/C14H22N4O/c1-4-12-13(5-2)16-17-14(15-12)18-8-6-7-11(9-18)10(3)19/h11H,4-9H2,1-3H3. The minimum absolute atomic E-state index is 0.119. The van der Waals surface area contributed by atoms with Gasteiger partial charge in [0.05, 0.1) is 11.4 Å². The molecule has 1 aromatic rings. The molecular formula is C14H22N4O. The van der Waals surface area contributed by atoms with Gasteiger partial charge in [0.1, 0.15) is 5.78 Å². The molecule has 1 fully saturated rings. The highest BCUT2D eigenvalue weighted by Crippen LogP contribution is 2.21. The molecule has 1 aliphatic heterocycles. The average Bonchev–Trinajstić information content (AvgIpc) is 2.46. The lowest BCUT2D eigenvalue weighted by Gasteiger charge is -2.31. The minimum atomic E-state index is 0.119. The van der Waals surface area contributed by atoms with Gasteiger partial charge >= 0.3 is 0 Å². The van der Waals surface area contributed by atoms with Gasteiger partial charge in [0.2, 0.25) is 5.95 Å². The molecule has 19 heavy (non-hydrogen) atoms. The van der Waals surface area contributed by atoms with Crippen LogP contribution in [0.4, 0.5) is 5.95 Å². The van der Waals surface area contributed by atoms with E-state index in [0.29, 0.717) is 5.95 Å². The Hall–Kier alpha value is -1.52. The molecule has 0 aliphatic carbocycles. The normalized spacial score (nSPS) is 19.5. The lowest BCUT2D eigenvalue weighted by atomic mass is 9.95. The van der Waals surface area contributed by atoms with Crippen molar-refractivity contribution in [3.63, 3.8) is 0 Å². The van der Waals surface area contributed by atoms with Gasteiger partial charge in [-0.15, -0.1) is 5.10 Å². The van der Waals surface area contributed by atoms with Gasteiger partial charge in [0.15, 0.2) is 0 Å². The van der Waals surface area contributed by atoms with Gasteiger partial charge in [-0.2, -0.15) is 5.10 Å². The predicted octanol–water partition coefficient (Wildman–Crippen LogP) is 1.80. The molecule has 0 radical (unpaired) electrons. The molecule has 1 saturated heterocycles. The third kappa shape index (κ3) is 3.08. The summed E-state index contributed by atoms with van der Waals surface area (Å²) in [5, 5.41) is 8.50. The van der Waals surface area contributed by atoms with Crippen molar-refractivity contribution < 1.29 is 4.79 Å². The van der Waals surface area contributed by atoms with Crippen molar-refractivity contribution in [2.75, 3.05) is 18.0 Å². The largest absolute Gasteiger partial charge is 0.339 e. The maximum absolute atomic E-state index is 11.5. The quantitative estimate of drug-likeness (QED) is 0.828. The third-order valence-corrected chi connectivity index (χ3v) is 3.78. The number of hydrogen-bond donors (Lipinski definition) is 0. The molecule has 5 nitrogen and oxygen atoms in total. The van der Waals surface area contributed by atoms with Gasteiger partial charge in [-0.1, -0.05) is 13.8 Å². The summed E-state index contributed by atoms with van der Waals surface area (Å²) >= 11 is 0. The minimum Gasteiger partial charge on any atom is -0.339 e. The fourth-order valence-corrected chi connectivity index (χ4v) is 2.55. The van der Waals surface area contributed by atoms with Gasteiger partial charge in [-0.3, -0.25) is 4.79 Å². The number of nitrogens with zero attached hydrogens (tertiary/aromatic N) is 4. The van der Waals surface area contributed by atoms with Crippen LogP contribution in [0.3, 0.4) is 0 Å². The van der Waals surface area contributed by atoms with Crippen LogP contribution >= 0.6 is 0 Å². The molecule has 1 unspecified atom stereocenters. The molecule has 0 spiro atoms. The van der Waals surface area contributed by atoms with Gasteiger partial charge in [-0.25, -0.2) is 4.98 Å². The Balaban J connectivity index is 2.19. The lowest BCUT2D eigenvalue weighted by Crippen LogP contribution is -2.39. The van der Waals surface area contributed by atoms with Crippen LogP contribution in [0.1, 0.15) is 45.0 Å². The summed E-state index contributed by atoms with van der Waals surface area (Å²) in [7, 11) is 0. The second kappa shape index (κ2) is 6.08. The Morgan fingerprint density at radius 3 is 2.63 bits per heavy atom. The zero-order valence-corrected chi connectivity index (χ0v) is 12.0. The average molecular weight is 262 g/mol. The molecule has 104 valence electrons. The van der Waals surface area contributed by atoms with E-state index in [1.807, 2.05) is 0 Å². The maximum atomic E-state index is 11.5. The van der Waals surface area contributed by atoms with Crippen LogP contribution in [0.5, 0.6) is 0 Å². The number of rotatable bonds is 4. The molecule has 0 N–H and O–H groups in total. The summed E-state index contributed by atoms with van der Waals surface area (Å²) in [6.07, 6.45) is 3.73. The summed E-state index contributed by atoms with van der Waals surface area (Å²) in [5.74, 6) is 1.06. The second-order valence-electron chi connectivity index (χ2n) is 5.11. The number of carbonyl (C=O) groups is 1. The van der Waals surface area contributed by atoms with E-state index in [4.69, 9.17) is 0 Å². The number of anilines is 1. The lowest BCUT2D eigenvalue weighted by molar-refractivity contribution is -0.120. The molecule has 0 saturated carbocycles. The van der Waals surface area contributed by atoms with E-state index in [-0.39, 0.29) is 11.7 Å². The molecule has 2 heterocycles. The molecule has 2 rings (SSSR count). The molecular weight excluding hydrogens is 240 g/mol. The van der Waals surface area contributed by atoms with Crippen LogP contribution < -0.4 is 4.90 Å². The second-order valence-corrected chi connectivity index (χ2v) is 5.11. The fourth-order valence-electron chi connectivity index (χ4n) is 2.55. The highest BCUT2D eigenvalue weighted by Gasteiger charge is 2.25. The van der Waals surface area contributed by atoms with Crippen molar-refractivity contribution in [3.8, 4) is 0 Å². The summed E-state index contributed by atoms with van der Waals surface area (Å²) in [6.45, 7) is 7.47. The van der Waals surface area contributed by atoms with Crippen LogP contribution in [0.15, 0.2) is 0 Å². The summed E-state index contributed by atoms with van der Waals surface area (Å²) in [4.78, 5) is 18.2. The first kappa shape index (κ1) is 13.9. The van der Waals surface area contributed by atoms with E-state index in [1.165, 1.54) is 0 Å². The Morgan fingerprint density at radius 2 is 2.00 bits per heavy atom. The molecule has 0 bridgehead atoms. The van der Waals surface area contributed by atoms with Crippen molar-refractivity contribution in [2.24, 2.45) is 5.92 Å². The van der Waals surface area contributed by atoms with E-state index in [1.54, 1.807) is 6.92 Å². The zero-order valence-electron chi connectivity index (χ0n) is 12.0. The van der Waals surface area contributed by atoms with E-state index in [0.717, 1.165) is 50.2 Å². The first-order valence-electron chi connectivity index (χ1n) is 7.13. The molecule has 1 aliphatic rings. The number of aromatic nitrogens is 3.